The van der Waals surface area contributed by atoms with Crippen molar-refractivity contribution in [2.45, 2.75) is 12.7 Å². The van der Waals surface area contributed by atoms with Crippen LogP contribution in [-0.2, 0) is 6.54 Å². The van der Waals surface area contributed by atoms with Gasteiger partial charge in [-0.3, -0.25) is 0 Å². The fourth-order valence-electron chi connectivity index (χ4n) is 1.70. The first-order chi connectivity index (χ1) is 10.9. The Morgan fingerprint density at radius 3 is 2.83 bits per heavy atom. The molecule has 0 unspecified atom stereocenters. The highest BCUT2D eigenvalue weighted by atomic mass is 35.5. The molecule has 0 aromatic carbocycles. The zero-order chi connectivity index (χ0) is 16.4. The van der Waals surface area contributed by atoms with Crippen LogP contribution in [0.2, 0.25) is 5.28 Å². The molecule has 3 heterocycles. The normalized spacial score (nSPS) is 11.8. The van der Waals surface area contributed by atoms with Gasteiger partial charge in [-0.1, -0.05) is 0 Å². The van der Waals surface area contributed by atoms with Crippen molar-refractivity contribution in [2.75, 3.05) is 11.9 Å². The minimum absolute atomic E-state index is 0.0906. The maximum atomic E-state index is 12.2. The van der Waals surface area contributed by atoms with Crippen molar-refractivity contribution in [3.8, 4) is 6.01 Å². The molecule has 0 radical (unpaired) electrons. The van der Waals surface area contributed by atoms with Crippen LogP contribution in [0.1, 0.15) is 5.69 Å². The monoisotopic (exact) mass is 364 g/mol. The van der Waals surface area contributed by atoms with Crippen LogP contribution in [0.25, 0.3) is 11.2 Å². The quantitative estimate of drug-likeness (QED) is 0.676. The minimum Gasteiger partial charge on any atom is -0.455 e. The number of aromatic nitrogens is 5. The molecular weight excluding hydrogens is 357 g/mol. The summed E-state index contributed by atoms with van der Waals surface area (Å²) in [5.41, 5.74) is 2.86. The molecule has 2 N–H and O–H groups in total. The number of nitrogens with one attached hydrogen (secondary N) is 2. The number of fused-ring (bicyclic) bond motifs is 1. The van der Waals surface area contributed by atoms with E-state index in [0.717, 1.165) is 5.69 Å². The van der Waals surface area contributed by atoms with Crippen LogP contribution < -0.4 is 10.1 Å². The van der Waals surface area contributed by atoms with Gasteiger partial charge in [-0.2, -0.15) is 28.1 Å². The van der Waals surface area contributed by atoms with E-state index in [1.54, 1.807) is 5.51 Å². The highest BCUT2D eigenvalue weighted by Gasteiger charge is 2.29. The summed E-state index contributed by atoms with van der Waals surface area (Å²) in [7, 11) is 0. The fraction of sp³-hybridized carbons (Fsp3) is 0.273. The van der Waals surface area contributed by atoms with Crippen LogP contribution in [-0.4, -0.2) is 37.7 Å². The first kappa shape index (κ1) is 15.7. The lowest BCUT2D eigenvalue weighted by molar-refractivity contribution is -0.154. The number of rotatable bonds is 5. The third-order valence-corrected chi connectivity index (χ3v) is 3.40. The predicted octanol–water partition coefficient (Wildman–Crippen LogP) is 3.02. The summed E-state index contributed by atoms with van der Waals surface area (Å²) in [5, 5.41) is 4.73. The lowest BCUT2D eigenvalue weighted by Gasteiger charge is -2.05. The zero-order valence-electron chi connectivity index (χ0n) is 11.2. The van der Waals surface area contributed by atoms with E-state index in [1.165, 1.54) is 11.3 Å². The van der Waals surface area contributed by atoms with Crippen LogP contribution >= 0.6 is 22.9 Å². The Labute approximate surface area is 135 Å². The van der Waals surface area contributed by atoms with E-state index in [9.17, 15) is 13.2 Å². The first-order valence-electron chi connectivity index (χ1n) is 6.14. The van der Waals surface area contributed by atoms with Gasteiger partial charge in [0.05, 0.1) is 17.7 Å². The van der Waals surface area contributed by atoms with Gasteiger partial charge in [0.2, 0.25) is 5.28 Å². The molecule has 0 atom stereocenters. The van der Waals surface area contributed by atoms with Gasteiger partial charge in [-0.05, 0) is 11.6 Å². The Bertz CT molecular complexity index is 806. The molecular formula is C11H8ClF3N6OS. The third-order valence-electron chi connectivity index (χ3n) is 2.59. The molecule has 0 saturated heterocycles. The van der Waals surface area contributed by atoms with Crippen LogP contribution in [0.5, 0.6) is 6.01 Å². The average Bonchev–Trinajstić information content (AvgIpc) is 3.10. The number of hydrogen-bond donors (Lipinski definition) is 2. The van der Waals surface area contributed by atoms with E-state index in [0.29, 0.717) is 17.9 Å². The third kappa shape index (κ3) is 3.99. The maximum Gasteiger partial charge on any atom is 0.422 e. The number of thiazole rings is 1. The molecule has 3 aromatic heterocycles. The number of imidazole rings is 1. The summed E-state index contributed by atoms with van der Waals surface area (Å²) in [6, 6.07) is -0.314. The largest absolute Gasteiger partial charge is 0.455 e. The number of hydrogen-bond acceptors (Lipinski definition) is 7. The molecule has 12 heteroatoms. The highest BCUT2D eigenvalue weighted by Crippen LogP contribution is 2.24. The number of H-pyrrole nitrogens is 1. The lowest BCUT2D eigenvalue weighted by Crippen LogP contribution is -2.19. The Morgan fingerprint density at radius 1 is 1.30 bits per heavy atom. The molecule has 0 aliphatic rings. The second-order valence-electron chi connectivity index (χ2n) is 4.32. The topological polar surface area (TPSA) is 88.6 Å². The number of anilines is 1. The average molecular weight is 365 g/mol. The second kappa shape index (κ2) is 6.16. The molecule has 0 fully saturated rings. The van der Waals surface area contributed by atoms with Gasteiger partial charge in [0, 0.05) is 5.38 Å². The predicted molar refractivity (Wildman–Crippen MR) is 77.7 cm³/mol. The SMILES string of the molecule is FC(F)(F)COc1nc2nc(Cl)nc(NCc3cscn3)c2[nH]1. The summed E-state index contributed by atoms with van der Waals surface area (Å²) in [4.78, 5) is 18.3. The minimum atomic E-state index is -4.46. The molecule has 0 amide bonds. The number of halogens is 4. The maximum absolute atomic E-state index is 12.2. The van der Waals surface area contributed by atoms with E-state index in [-0.39, 0.29) is 16.9 Å². The number of aromatic amines is 1. The van der Waals surface area contributed by atoms with Crippen molar-refractivity contribution in [1.29, 1.82) is 0 Å². The lowest BCUT2D eigenvalue weighted by atomic mass is 10.4. The molecule has 0 spiro atoms. The smallest absolute Gasteiger partial charge is 0.422 e. The van der Waals surface area contributed by atoms with Crippen molar-refractivity contribution in [2.24, 2.45) is 0 Å². The van der Waals surface area contributed by atoms with Gasteiger partial charge >= 0.3 is 6.18 Å². The van der Waals surface area contributed by atoms with Gasteiger partial charge in [0.15, 0.2) is 18.1 Å². The number of alkyl halides is 3. The Balaban J connectivity index is 1.83. The molecule has 7 nitrogen and oxygen atoms in total. The van der Waals surface area contributed by atoms with E-state index in [4.69, 9.17) is 11.6 Å². The standard InChI is InChI=1S/C11H8ClF3N6OS/c12-9-19-7(16-1-5-2-23-4-17-5)6-8(20-9)21-10(18-6)22-3-11(13,14)15/h2,4H,1,3H2,(H2,16,18,19,20,21). The fourth-order valence-corrected chi connectivity index (χ4v) is 2.42. The first-order valence-corrected chi connectivity index (χ1v) is 7.46. The van der Waals surface area contributed by atoms with Crippen LogP contribution in [0.4, 0.5) is 19.0 Å². The Kier molecular flexibility index (Phi) is 4.22. The molecule has 23 heavy (non-hydrogen) atoms. The van der Waals surface area contributed by atoms with Gasteiger partial charge in [-0.15, -0.1) is 11.3 Å². The van der Waals surface area contributed by atoms with Crippen LogP contribution in [0.15, 0.2) is 10.9 Å². The van der Waals surface area contributed by atoms with Crippen molar-refractivity contribution < 1.29 is 17.9 Å². The van der Waals surface area contributed by atoms with E-state index >= 15 is 0 Å². The van der Waals surface area contributed by atoms with Gasteiger partial charge in [0.1, 0.15) is 5.52 Å². The number of nitrogens with zero attached hydrogens (tertiary/aromatic N) is 4. The molecule has 0 aliphatic heterocycles. The van der Waals surface area contributed by atoms with Crippen molar-refractivity contribution >= 4 is 39.9 Å². The zero-order valence-corrected chi connectivity index (χ0v) is 12.8. The summed E-state index contributed by atoms with van der Waals surface area (Å²) in [6.45, 7) is -1.10. The van der Waals surface area contributed by atoms with Crippen molar-refractivity contribution in [1.82, 2.24) is 24.9 Å². The Morgan fingerprint density at radius 2 is 2.13 bits per heavy atom. The molecule has 3 rings (SSSR count). The van der Waals surface area contributed by atoms with Gasteiger partial charge in [0.25, 0.3) is 6.01 Å². The van der Waals surface area contributed by atoms with Gasteiger partial charge in [-0.25, -0.2) is 4.98 Å². The van der Waals surface area contributed by atoms with Crippen molar-refractivity contribution in [3.05, 3.63) is 21.9 Å². The van der Waals surface area contributed by atoms with Crippen LogP contribution in [0, 0.1) is 0 Å². The highest BCUT2D eigenvalue weighted by molar-refractivity contribution is 7.07. The molecule has 0 saturated carbocycles. The molecule has 3 aromatic rings. The van der Waals surface area contributed by atoms with E-state index in [1.807, 2.05) is 5.38 Å². The summed E-state index contributed by atoms with van der Waals surface area (Å²) < 4.78 is 41.1. The molecule has 122 valence electrons. The Hall–Kier alpha value is -2.14. The summed E-state index contributed by atoms with van der Waals surface area (Å²) >= 11 is 7.23. The molecule has 0 bridgehead atoms. The summed E-state index contributed by atoms with van der Waals surface area (Å²) in [5.74, 6) is 0.294. The van der Waals surface area contributed by atoms with E-state index < -0.39 is 12.8 Å². The second-order valence-corrected chi connectivity index (χ2v) is 5.38. The summed E-state index contributed by atoms with van der Waals surface area (Å²) in [6.07, 6.45) is -4.46. The molecule has 0 aliphatic carbocycles. The van der Waals surface area contributed by atoms with Crippen molar-refractivity contribution in [3.63, 3.8) is 0 Å². The van der Waals surface area contributed by atoms with Crippen LogP contribution in [0.3, 0.4) is 0 Å². The van der Waals surface area contributed by atoms with E-state index in [2.05, 4.69) is 35.0 Å². The van der Waals surface area contributed by atoms with Gasteiger partial charge < -0.3 is 15.0 Å². The number of ether oxygens (including phenoxy) is 1.